The summed E-state index contributed by atoms with van der Waals surface area (Å²) in [5.74, 6) is 1.92. The van der Waals surface area contributed by atoms with Crippen molar-refractivity contribution in [2.45, 2.75) is 27.7 Å². The molecule has 2 amide bonds. The van der Waals surface area contributed by atoms with Gasteiger partial charge >= 0.3 is 0 Å². The van der Waals surface area contributed by atoms with Crippen LogP contribution in [0, 0.1) is 5.92 Å². The first-order chi connectivity index (χ1) is 14.9. The highest BCUT2D eigenvalue weighted by molar-refractivity contribution is 5.92. The standard InChI is InChI=1S/C24H37N3O4/c1-6-26(7-2)24(29)17-25-12-14-27(15-13-25)23(28)11-9-20-8-10-21(22(16-20)30-5)31-18-19(3)4/h8-11,16,19H,6-7,12-15,17-18H2,1-5H3/b11-9+. The number of methoxy groups -OCH3 is 1. The molecule has 0 radical (unpaired) electrons. The van der Waals surface area contributed by atoms with Crippen LogP contribution in [-0.2, 0) is 9.59 Å². The second-order valence-electron chi connectivity index (χ2n) is 8.12. The maximum atomic E-state index is 12.6. The van der Waals surface area contributed by atoms with Gasteiger partial charge in [0.25, 0.3) is 0 Å². The summed E-state index contributed by atoms with van der Waals surface area (Å²) in [5.41, 5.74) is 0.880. The van der Waals surface area contributed by atoms with Crippen molar-refractivity contribution in [3.63, 3.8) is 0 Å². The molecule has 7 heteroatoms. The van der Waals surface area contributed by atoms with Crippen LogP contribution in [0.3, 0.4) is 0 Å². The molecule has 1 aliphatic heterocycles. The summed E-state index contributed by atoms with van der Waals surface area (Å²) in [6, 6.07) is 5.66. The van der Waals surface area contributed by atoms with Crippen LogP contribution in [0.15, 0.2) is 24.3 Å². The number of carbonyl (C=O) groups is 2. The minimum atomic E-state index is -0.0196. The summed E-state index contributed by atoms with van der Waals surface area (Å²) in [7, 11) is 1.61. The Labute approximate surface area is 186 Å². The van der Waals surface area contributed by atoms with E-state index in [9.17, 15) is 9.59 Å². The Kier molecular flexibility index (Phi) is 9.85. The van der Waals surface area contributed by atoms with Gasteiger partial charge in [-0.15, -0.1) is 0 Å². The van der Waals surface area contributed by atoms with Crippen LogP contribution in [0.4, 0.5) is 0 Å². The van der Waals surface area contributed by atoms with Gasteiger partial charge in [0.15, 0.2) is 11.5 Å². The first kappa shape index (κ1) is 24.7. The van der Waals surface area contributed by atoms with Crippen LogP contribution in [0.1, 0.15) is 33.3 Å². The molecule has 0 unspecified atom stereocenters. The molecule has 0 N–H and O–H groups in total. The van der Waals surface area contributed by atoms with Crippen molar-refractivity contribution in [1.29, 1.82) is 0 Å². The zero-order valence-corrected chi connectivity index (χ0v) is 19.6. The Morgan fingerprint density at radius 1 is 1.10 bits per heavy atom. The molecule has 0 bridgehead atoms. The summed E-state index contributed by atoms with van der Waals surface area (Å²) in [4.78, 5) is 30.6. The molecule has 1 aromatic rings. The van der Waals surface area contributed by atoms with Crippen LogP contribution in [-0.4, -0.2) is 86.0 Å². The molecule has 1 saturated heterocycles. The van der Waals surface area contributed by atoms with E-state index in [2.05, 4.69) is 18.7 Å². The normalized spacial score (nSPS) is 14.8. The zero-order chi connectivity index (χ0) is 22.8. The molecule has 0 aromatic heterocycles. The maximum Gasteiger partial charge on any atom is 0.246 e. The van der Waals surface area contributed by atoms with Crippen molar-refractivity contribution >= 4 is 17.9 Å². The lowest BCUT2D eigenvalue weighted by Crippen LogP contribution is -2.51. The summed E-state index contributed by atoms with van der Waals surface area (Å²) >= 11 is 0. The largest absolute Gasteiger partial charge is 0.493 e. The Hall–Kier alpha value is -2.54. The summed E-state index contributed by atoms with van der Waals surface area (Å²) < 4.78 is 11.2. The van der Waals surface area contributed by atoms with Gasteiger partial charge < -0.3 is 19.3 Å². The first-order valence-corrected chi connectivity index (χ1v) is 11.2. The lowest BCUT2D eigenvalue weighted by atomic mass is 10.1. The van der Waals surface area contributed by atoms with Crippen LogP contribution in [0.25, 0.3) is 6.08 Å². The van der Waals surface area contributed by atoms with E-state index in [0.29, 0.717) is 56.7 Å². The fourth-order valence-electron chi connectivity index (χ4n) is 3.43. The van der Waals surface area contributed by atoms with E-state index in [-0.39, 0.29) is 11.8 Å². The zero-order valence-electron chi connectivity index (χ0n) is 19.6. The summed E-state index contributed by atoms with van der Waals surface area (Å²) in [5, 5.41) is 0. The van der Waals surface area contributed by atoms with Crippen LogP contribution in [0.5, 0.6) is 11.5 Å². The number of hydrogen-bond acceptors (Lipinski definition) is 5. The Morgan fingerprint density at radius 2 is 1.77 bits per heavy atom. The predicted molar refractivity (Wildman–Crippen MR) is 123 cm³/mol. The van der Waals surface area contributed by atoms with Gasteiger partial charge in [-0.25, -0.2) is 0 Å². The van der Waals surface area contributed by atoms with Crippen LogP contribution in [0.2, 0.25) is 0 Å². The fourth-order valence-corrected chi connectivity index (χ4v) is 3.43. The highest BCUT2D eigenvalue weighted by Gasteiger charge is 2.22. The monoisotopic (exact) mass is 431 g/mol. The van der Waals surface area contributed by atoms with Gasteiger partial charge in [-0.05, 0) is 43.5 Å². The first-order valence-electron chi connectivity index (χ1n) is 11.2. The molecule has 1 heterocycles. The highest BCUT2D eigenvalue weighted by atomic mass is 16.5. The van der Waals surface area contributed by atoms with Crippen molar-refractivity contribution in [2.75, 3.05) is 59.5 Å². The lowest BCUT2D eigenvalue weighted by molar-refractivity contribution is -0.133. The van der Waals surface area contributed by atoms with E-state index in [0.717, 1.165) is 18.7 Å². The van der Waals surface area contributed by atoms with Gasteiger partial charge in [0.1, 0.15) is 0 Å². The number of rotatable bonds is 10. The van der Waals surface area contributed by atoms with E-state index >= 15 is 0 Å². The molecular formula is C24H37N3O4. The van der Waals surface area contributed by atoms with Crippen molar-refractivity contribution in [3.05, 3.63) is 29.8 Å². The second kappa shape index (κ2) is 12.3. The number of piperazine rings is 1. The quantitative estimate of drug-likeness (QED) is 0.533. The molecule has 0 aliphatic carbocycles. The Morgan fingerprint density at radius 3 is 2.35 bits per heavy atom. The number of hydrogen-bond donors (Lipinski definition) is 0. The number of amides is 2. The van der Waals surface area contributed by atoms with Gasteiger partial charge in [0, 0.05) is 45.3 Å². The van der Waals surface area contributed by atoms with E-state index in [1.807, 2.05) is 41.8 Å². The van der Waals surface area contributed by atoms with Gasteiger partial charge in [-0.2, -0.15) is 0 Å². The van der Waals surface area contributed by atoms with Gasteiger partial charge in [0.2, 0.25) is 11.8 Å². The van der Waals surface area contributed by atoms with Crippen molar-refractivity contribution in [3.8, 4) is 11.5 Å². The van der Waals surface area contributed by atoms with Gasteiger partial charge in [-0.1, -0.05) is 19.9 Å². The van der Waals surface area contributed by atoms with Crippen LogP contribution >= 0.6 is 0 Å². The molecule has 1 aromatic carbocycles. The van der Waals surface area contributed by atoms with E-state index in [1.54, 1.807) is 19.3 Å². The van der Waals surface area contributed by atoms with E-state index < -0.39 is 0 Å². The second-order valence-corrected chi connectivity index (χ2v) is 8.12. The fraction of sp³-hybridized carbons (Fsp3) is 0.583. The number of carbonyl (C=O) groups excluding carboxylic acids is 2. The topological polar surface area (TPSA) is 62.3 Å². The third kappa shape index (κ3) is 7.58. The van der Waals surface area contributed by atoms with Crippen molar-refractivity contribution in [1.82, 2.24) is 14.7 Å². The lowest BCUT2D eigenvalue weighted by Gasteiger charge is -2.34. The van der Waals surface area contributed by atoms with Crippen molar-refractivity contribution < 1.29 is 19.1 Å². The maximum absolute atomic E-state index is 12.6. The molecule has 0 spiro atoms. The van der Waals surface area contributed by atoms with Crippen molar-refractivity contribution in [2.24, 2.45) is 5.92 Å². The SMILES string of the molecule is CCN(CC)C(=O)CN1CCN(C(=O)/C=C/c2ccc(OCC(C)C)c(OC)c2)CC1. The van der Waals surface area contributed by atoms with E-state index in [1.165, 1.54) is 0 Å². The number of ether oxygens (including phenoxy) is 2. The number of likely N-dealkylation sites (N-methyl/N-ethyl adjacent to an activating group) is 1. The van der Waals surface area contributed by atoms with Crippen LogP contribution < -0.4 is 9.47 Å². The third-order valence-corrected chi connectivity index (χ3v) is 5.34. The minimum absolute atomic E-state index is 0.0196. The summed E-state index contributed by atoms with van der Waals surface area (Å²) in [6.07, 6.45) is 3.40. The smallest absolute Gasteiger partial charge is 0.246 e. The summed E-state index contributed by atoms with van der Waals surface area (Å²) in [6.45, 7) is 13.3. The van der Waals surface area contributed by atoms with E-state index in [4.69, 9.17) is 9.47 Å². The molecule has 0 saturated carbocycles. The molecule has 0 atom stereocenters. The molecule has 31 heavy (non-hydrogen) atoms. The predicted octanol–water partition coefficient (Wildman–Crippen LogP) is 2.76. The Bertz CT molecular complexity index is 751. The van der Waals surface area contributed by atoms with Gasteiger partial charge in [0.05, 0.1) is 20.3 Å². The highest BCUT2D eigenvalue weighted by Crippen LogP contribution is 2.29. The third-order valence-electron chi connectivity index (χ3n) is 5.34. The average Bonchev–Trinajstić information content (AvgIpc) is 2.77. The molecular weight excluding hydrogens is 394 g/mol. The Balaban J connectivity index is 1.87. The molecule has 2 rings (SSSR count). The van der Waals surface area contributed by atoms with Gasteiger partial charge in [-0.3, -0.25) is 14.5 Å². The average molecular weight is 432 g/mol. The molecule has 7 nitrogen and oxygen atoms in total. The number of nitrogens with zero attached hydrogens (tertiary/aromatic N) is 3. The number of benzene rings is 1. The minimum Gasteiger partial charge on any atom is -0.493 e. The molecule has 172 valence electrons. The molecule has 1 fully saturated rings. The molecule has 1 aliphatic rings.